The lowest BCUT2D eigenvalue weighted by molar-refractivity contribution is -0.384. The van der Waals surface area contributed by atoms with Gasteiger partial charge in [0.15, 0.2) is 0 Å². The van der Waals surface area contributed by atoms with E-state index in [0.717, 1.165) is 4.88 Å². The molecular weight excluding hydrogens is 454 g/mol. The fourth-order valence-electron chi connectivity index (χ4n) is 3.47. The predicted octanol–water partition coefficient (Wildman–Crippen LogP) is 2.65. The zero-order valence-corrected chi connectivity index (χ0v) is 18.1. The fourth-order valence-corrected chi connectivity index (χ4v) is 5.49. The van der Waals surface area contributed by atoms with Crippen molar-refractivity contribution in [3.05, 3.63) is 79.7 Å². The number of fused-ring (bicyclic) bond motifs is 1. The fraction of sp³-hybridized carbons (Fsp3) is 0.190. The Morgan fingerprint density at radius 2 is 2.00 bits per heavy atom. The second-order valence-electron chi connectivity index (χ2n) is 7.07. The number of carbonyl (C=O) groups excluding carboxylic acids is 2. The van der Waals surface area contributed by atoms with Crippen LogP contribution in [0.15, 0.2) is 59.1 Å². The van der Waals surface area contributed by atoms with Gasteiger partial charge in [0.2, 0.25) is 5.91 Å². The minimum Gasteiger partial charge on any atom is -0.477 e. The maximum atomic E-state index is 12.7. The van der Waals surface area contributed by atoms with Crippen molar-refractivity contribution < 1.29 is 24.4 Å². The number of hydrogen-bond donors (Lipinski definition) is 2. The smallest absolute Gasteiger partial charge is 0.352 e. The lowest BCUT2D eigenvalue weighted by Crippen LogP contribution is -2.70. The number of rotatable bonds is 7. The molecule has 0 bridgehead atoms. The molecule has 1 aromatic heterocycles. The molecule has 1 aromatic carbocycles. The van der Waals surface area contributed by atoms with Crippen LogP contribution in [0.5, 0.6) is 0 Å². The van der Waals surface area contributed by atoms with Crippen LogP contribution in [0.4, 0.5) is 5.69 Å². The number of benzene rings is 1. The van der Waals surface area contributed by atoms with Gasteiger partial charge >= 0.3 is 5.97 Å². The first-order valence-electron chi connectivity index (χ1n) is 9.50. The number of nitrogens with one attached hydrogen (secondary N) is 1. The number of carboxylic acids is 1. The van der Waals surface area contributed by atoms with Crippen LogP contribution in [-0.4, -0.2) is 49.9 Å². The van der Waals surface area contributed by atoms with Gasteiger partial charge in [-0.15, -0.1) is 23.1 Å². The van der Waals surface area contributed by atoms with Gasteiger partial charge in [-0.1, -0.05) is 18.2 Å². The molecule has 0 saturated carbocycles. The molecule has 32 heavy (non-hydrogen) atoms. The van der Waals surface area contributed by atoms with Gasteiger partial charge in [-0.2, -0.15) is 0 Å². The van der Waals surface area contributed by atoms with E-state index in [1.165, 1.54) is 40.1 Å². The number of carbonyl (C=O) groups is 3. The van der Waals surface area contributed by atoms with Crippen molar-refractivity contribution in [1.82, 2.24) is 10.2 Å². The summed E-state index contributed by atoms with van der Waals surface area (Å²) in [6.45, 7) is 0. The maximum absolute atomic E-state index is 12.7. The Hall–Kier alpha value is -3.44. The maximum Gasteiger partial charge on any atom is 0.352 e. The summed E-state index contributed by atoms with van der Waals surface area (Å²) >= 11 is 2.83. The minimum atomic E-state index is -1.23. The first kappa shape index (κ1) is 21.8. The van der Waals surface area contributed by atoms with Crippen molar-refractivity contribution >= 4 is 52.6 Å². The van der Waals surface area contributed by atoms with Crippen molar-refractivity contribution in [2.24, 2.45) is 0 Å². The number of nitro benzene ring substituents is 1. The van der Waals surface area contributed by atoms with Crippen LogP contribution in [0.2, 0.25) is 0 Å². The van der Waals surface area contributed by atoms with E-state index < -0.39 is 28.2 Å². The number of allylic oxidation sites excluding steroid dienone is 1. The summed E-state index contributed by atoms with van der Waals surface area (Å²) in [6, 6.07) is 8.76. The quantitative estimate of drug-likeness (QED) is 0.361. The predicted molar refractivity (Wildman–Crippen MR) is 120 cm³/mol. The lowest BCUT2D eigenvalue weighted by atomic mass is 10.0. The second-order valence-corrected chi connectivity index (χ2v) is 9.21. The van der Waals surface area contributed by atoms with Crippen LogP contribution in [0, 0.1) is 10.1 Å². The van der Waals surface area contributed by atoms with E-state index in [1.807, 2.05) is 17.5 Å². The summed E-state index contributed by atoms with van der Waals surface area (Å²) in [6.07, 6.45) is 3.42. The van der Waals surface area contributed by atoms with Crippen molar-refractivity contribution in [3.63, 3.8) is 0 Å². The SMILES string of the molecule is O=C(Cc1cccs1)N[C@@H]1C(=O)N2C(C(=O)O)=C(C=Cc3ccc([N+](=O)[O-])cc3)CS[C@H]12. The summed E-state index contributed by atoms with van der Waals surface area (Å²) < 4.78 is 0. The summed E-state index contributed by atoms with van der Waals surface area (Å²) in [5, 5.41) is 24.6. The van der Waals surface area contributed by atoms with Crippen LogP contribution in [0.3, 0.4) is 0 Å². The van der Waals surface area contributed by atoms with Crippen molar-refractivity contribution in [2.45, 2.75) is 17.8 Å². The molecule has 0 radical (unpaired) electrons. The monoisotopic (exact) mass is 471 g/mol. The lowest BCUT2D eigenvalue weighted by Gasteiger charge is -2.49. The van der Waals surface area contributed by atoms with Gasteiger partial charge in [0.25, 0.3) is 11.6 Å². The van der Waals surface area contributed by atoms with E-state index in [4.69, 9.17) is 0 Å². The first-order valence-corrected chi connectivity index (χ1v) is 11.4. The van der Waals surface area contributed by atoms with Gasteiger partial charge < -0.3 is 10.4 Å². The standard InChI is InChI=1S/C21H17N3O6S2/c25-16(10-15-2-1-9-31-15)22-17-19(26)23-18(21(27)28)13(11-32-20(17)23)6-3-12-4-7-14(8-5-12)24(29)30/h1-9,17,20H,10-11H2,(H,22,25)(H,27,28)/t17-,20-/m1/s1. The summed E-state index contributed by atoms with van der Waals surface area (Å²) in [5.41, 5.74) is 0.963. The van der Waals surface area contributed by atoms with Gasteiger partial charge in [-0.05, 0) is 34.7 Å². The molecular formula is C21H17N3O6S2. The third-order valence-electron chi connectivity index (χ3n) is 5.01. The highest BCUT2D eigenvalue weighted by molar-refractivity contribution is 8.00. The normalized spacial score (nSPS) is 20.1. The highest BCUT2D eigenvalue weighted by Gasteiger charge is 2.53. The third kappa shape index (κ3) is 4.30. The molecule has 11 heteroatoms. The largest absolute Gasteiger partial charge is 0.477 e. The van der Waals surface area contributed by atoms with Crippen molar-refractivity contribution in [3.8, 4) is 0 Å². The molecule has 2 N–H and O–H groups in total. The Kier molecular flexibility index (Phi) is 6.10. The zero-order valence-electron chi connectivity index (χ0n) is 16.5. The Bertz CT molecular complexity index is 1140. The number of hydrogen-bond acceptors (Lipinski definition) is 7. The Morgan fingerprint density at radius 1 is 1.25 bits per heavy atom. The molecule has 2 amide bonds. The number of β-lactam (4-membered cyclic amide) rings is 1. The van der Waals surface area contributed by atoms with E-state index >= 15 is 0 Å². The first-order chi connectivity index (χ1) is 15.3. The zero-order chi connectivity index (χ0) is 22.8. The van der Waals surface area contributed by atoms with Crippen LogP contribution in [0.25, 0.3) is 6.08 Å². The van der Waals surface area contributed by atoms with Gasteiger partial charge in [0.05, 0.1) is 11.3 Å². The van der Waals surface area contributed by atoms with Crippen molar-refractivity contribution in [1.29, 1.82) is 0 Å². The highest BCUT2D eigenvalue weighted by Crippen LogP contribution is 2.40. The van der Waals surface area contributed by atoms with Crippen LogP contribution < -0.4 is 5.32 Å². The number of thiophene rings is 1. The number of nitro groups is 1. The van der Waals surface area contributed by atoms with E-state index in [0.29, 0.717) is 16.9 Å². The molecule has 1 saturated heterocycles. The molecule has 4 rings (SSSR count). The molecule has 3 heterocycles. The van der Waals surface area contributed by atoms with Crippen LogP contribution in [-0.2, 0) is 20.8 Å². The molecule has 0 spiro atoms. The Morgan fingerprint density at radius 3 is 2.62 bits per heavy atom. The Labute approximate surface area is 190 Å². The van der Waals surface area contributed by atoms with E-state index in [1.54, 1.807) is 24.3 Å². The van der Waals surface area contributed by atoms with Gasteiger partial charge in [0.1, 0.15) is 17.1 Å². The number of thioether (sulfide) groups is 1. The number of carboxylic acid groups (broad SMARTS) is 1. The minimum absolute atomic E-state index is 0.0398. The number of amides is 2. The highest BCUT2D eigenvalue weighted by atomic mass is 32.2. The second kappa shape index (κ2) is 8.97. The summed E-state index contributed by atoms with van der Waals surface area (Å²) in [4.78, 5) is 49.2. The summed E-state index contributed by atoms with van der Waals surface area (Å²) in [5.74, 6) is -1.62. The summed E-state index contributed by atoms with van der Waals surface area (Å²) in [7, 11) is 0. The van der Waals surface area contributed by atoms with E-state index in [9.17, 15) is 29.6 Å². The average molecular weight is 472 g/mol. The number of aliphatic carboxylic acids is 1. The van der Waals surface area contributed by atoms with Crippen LogP contribution in [0.1, 0.15) is 10.4 Å². The molecule has 2 aliphatic heterocycles. The van der Waals surface area contributed by atoms with E-state index in [-0.39, 0.29) is 23.7 Å². The van der Waals surface area contributed by atoms with Crippen molar-refractivity contribution in [2.75, 3.05) is 5.75 Å². The molecule has 2 atom stereocenters. The van der Waals surface area contributed by atoms with Gasteiger partial charge in [-0.3, -0.25) is 24.6 Å². The van der Waals surface area contributed by atoms with Gasteiger partial charge in [-0.25, -0.2) is 4.79 Å². The number of nitrogens with zero attached hydrogens (tertiary/aromatic N) is 2. The molecule has 2 aromatic rings. The number of non-ortho nitro benzene ring substituents is 1. The van der Waals surface area contributed by atoms with Crippen LogP contribution >= 0.6 is 23.1 Å². The average Bonchev–Trinajstić information content (AvgIpc) is 3.28. The molecule has 0 unspecified atom stereocenters. The molecule has 0 aliphatic carbocycles. The molecule has 1 fully saturated rings. The third-order valence-corrected chi connectivity index (χ3v) is 7.19. The van der Waals surface area contributed by atoms with E-state index in [2.05, 4.69) is 5.32 Å². The molecule has 9 nitrogen and oxygen atoms in total. The molecule has 164 valence electrons. The Balaban J connectivity index is 1.48. The molecule has 2 aliphatic rings. The topological polar surface area (TPSA) is 130 Å². The van der Waals surface area contributed by atoms with Gasteiger partial charge in [0, 0.05) is 22.8 Å².